The van der Waals surface area contributed by atoms with Crippen molar-refractivity contribution in [3.05, 3.63) is 0 Å². The Hall–Kier alpha value is -0.650. The van der Waals surface area contributed by atoms with E-state index < -0.39 is 0 Å². The summed E-state index contributed by atoms with van der Waals surface area (Å²) >= 11 is 0. The second-order valence-electron chi connectivity index (χ2n) is 4.86. The number of aliphatic hydroxyl groups excluding tert-OH is 1. The first-order valence-electron chi connectivity index (χ1n) is 6.44. The van der Waals surface area contributed by atoms with Gasteiger partial charge in [-0.25, -0.2) is 0 Å². The molecule has 3 N–H and O–H groups in total. The predicted octanol–water partition coefficient (Wildman–Crippen LogP) is -0.502. The molecule has 1 fully saturated rings. The van der Waals surface area contributed by atoms with Crippen LogP contribution in [0.1, 0.15) is 19.3 Å². The molecule has 1 rings (SSSR count). The van der Waals surface area contributed by atoms with E-state index in [0.29, 0.717) is 19.0 Å². The molecule has 5 nitrogen and oxygen atoms in total. The molecule has 0 saturated carbocycles. The maximum atomic E-state index is 11.9. The lowest BCUT2D eigenvalue weighted by atomic mass is 10.1. The number of likely N-dealkylation sites (tertiary alicyclic amines) is 1. The molecule has 1 heterocycles. The van der Waals surface area contributed by atoms with Crippen LogP contribution in [0, 0.1) is 5.92 Å². The van der Waals surface area contributed by atoms with Crippen molar-refractivity contribution in [1.82, 2.24) is 9.80 Å². The lowest BCUT2D eigenvalue weighted by Gasteiger charge is -2.21. The first-order valence-corrected chi connectivity index (χ1v) is 6.44. The number of hydrogen-bond donors (Lipinski definition) is 2. The third kappa shape index (κ3) is 5.02. The molecule has 0 bridgehead atoms. The summed E-state index contributed by atoms with van der Waals surface area (Å²) in [6.45, 7) is 4.03. The van der Waals surface area contributed by atoms with Crippen molar-refractivity contribution in [2.45, 2.75) is 19.3 Å². The second-order valence-corrected chi connectivity index (χ2v) is 4.86. The SMILES string of the molecule is CN(CCCN)C(=O)CN1CCC(CCO)C1. The summed E-state index contributed by atoms with van der Waals surface area (Å²) in [5, 5.41) is 8.87. The molecule has 0 aliphatic carbocycles. The lowest BCUT2D eigenvalue weighted by molar-refractivity contribution is -0.130. The maximum absolute atomic E-state index is 11.9. The van der Waals surface area contributed by atoms with Gasteiger partial charge >= 0.3 is 0 Å². The fraction of sp³-hybridized carbons (Fsp3) is 0.917. The van der Waals surface area contributed by atoms with E-state index in [2.05, 4.69) is 4.90 Å². The third-order valence-electron chi connectivity index (χ3n) is 3.39. The normalized spacial score (nSPS) is 20.8. The summed E-state index contributed by atoms with van der Waals surface area (Å²) in [5.74, 6) is 0.727. The molecule has 0 aromatic heterocycles. The molecule has 5 heteroatoms. The molecule has 100 valence electrons. The van der Waals surface area contributed by atoms with Gasteiger partial charge in [0.15, 0.2) is 0 Å². The van der Waals surface area contributed by atoms with Crippen LogP contribution in [-0.2, 0) is 4.79 Å². The van der Waals surface area contributed by atoms with Crippen LogP contribution >= 0.6 is 0 Å². The van der Waals surface area contributed by atoms with Gasteiger partial charge in [-0.3, -0.25) is 9.69 Å². The van der Waals surface area contributed by atoms with Crippen LogP contribution in [0.15, 0.2) is 0 Å². The summed E-state index contributed by atoms with van der Waals surface area (Å²) < 4.78 is 0. The molecule has 1 saturated heterocycles. The van der Waals surface area contributed by atoms with E-state index in [-0.39, 0.29) is 12.5 Å². The molecule has 1 aliphatic rings. The number of aliphatic hydroxyl groups is 1. The molecule has 17 heavy (non-hydrogen) atoms. The molecule has 1 atom stereocenters. The summed E-state index contributed by atoms with van der Waals surface area (Å²) in [4.78, 5) is 15.8. The zero-order valence-corrected chi connectivity index (χ0v) is 10.8. The number of hydrogen-bond acceptors (Lipinski definition) is 4. The van der Waals surface area contributed by atoms with E-state index in [4.69, 9.17) is 10.8 Å². The van der Waals surface area contributed by atoms with Gasteiger partial charge in [-0.15, -0.1) is 0 Å². The lowest BCUT2D eigenvalue weighted by Crippen LogP contribution is -2.38. The Labute approximate surface area is 104 Å². The molecule has 1 unspecified atom stereocenters. The van der Waals surface area contributed by atoms with Crippen molar-refractivity contribution in [1.29, 1.82) is 0 Å². The first-order chi connectivity index (χ1) is 8.17. The number of nitrogens with two attached hydrogens (primary N) is 1. The van der Waals surface area contributed by atoms with Gasteiger partial charge in [-0.05, 0) is 38.3 Å². The minimum atomic E-state index is 0.170. The van der Waals surface area contributed by atoms with Crippen molar-refractivity contribution in [3.8, 4) is 0 Å². The van der Waals surface area contributed by atoms with E-state index >= 15 is 0 Å². The standard InChI is InChI=1S/C12H25N3O2/c1-14(6-2-5-13)12(17)10-15-7-3-11(9-15)4-8-16/h11,16H,2-10,13H2,1H3. The van der Waals surface area contributed by atoms with Crippen molar-refractivity contribution in [2.75, 3.05) is 46.4 Å². The van der Waals surface area contributed by atoms with Crippen molar-refractivity contribution in [2.24, 2.45) is 11.7 Å². The molecular formula is C12H25N3O2. The topological polar surface area (TPSA) is 69.8 Å². The number of carbonyl (C=O) groups is 1. The highest BCUT2D eigenvalue weighted by Gasteiger charge is 2.24. The van der Waals surface area contributed by atoms with Gasteiger partial charge in [0.1, 0.15) is 0 Å². The zero-order chi connectivity index (χ0) is 12.7. The van der Waals surface area contributed by atoms with Crippen LogP contribution in [0.25, 0.3) is 0 Å². The van der Waals surface area contributed by atoms with Crippen LogP contribution in [0.3, 0.4) is 0 Å². The number of likely N-dealkylation sites (N-methyl/N-ethyl adjacent to an activating group) is 1. The number of rotatable bonds is 7. The van der Waals surface area contributed by atoms with Crippen LogP contribution in [0.2, 0.25) is 0 Å². The Kier molecular flexibility index (Phi) is 6.47. The molecule has 0 aromatic rings. The molecule has 1 aliphatic heterocycles. The molecule has 0 spiro atoms. The minimum absolute atomic E-state index is 0.170. The van der Waals surface area contributed by atoms with Gasteiger partial charge in [0, 0.05) is 26.7 Å². The fourth-order valence-electron chi connectivity index (χ4n) is 2.24. The van der Waals surface area contributed by atoms with Crippen LogP contribution < -0.4 is 5.73 Å². The highest BCUT2D eigenvalue weighted by atomic mass is 16.3. The Morgan fingerprint density at radius 1 is 1.59 bits per heavy atom. The Morgan fingerprint density at radius 3 is 3.00 bits per heavy atom. The van der Waals surface area contributed by atoms with Gasteiger partial charge in [0.05, 0.1) is 6.54 Å². The summed E-state index contributed by atoms with van der Waals surface area (Å²) in [5.41, 5.74) is 5.42. The quantitative estimate of drug-likeness (QED) is 0.632. The average Bonchev–Trinajstić information content (AvgIpc) is 2.74. The van der Waals surface area contributed by atoms with Crippen molar-refractivity contribution < 1.29 is 9.90 Å². The largest absolute Gasteiger partial charge is 0.396 e. The average molecular weight is 243 g/mol. The smallest absolute Gasteiger partial charge is 0.236 e. The predicted molar refractivity (Wildman–Crippen MR) is 67.6 cm³/mol. The monoisotopic (exact) mass is 243 g/mol. The van der Waals surface area contributed by atoms with Crippen LogP contribution in [0.5, 0.6) is 0 Å². The van der Waals surface area contributed by atoms with Crippen molar-refractivity contribution in [3.63, 3.8) is 0 Å². The Balaban J connectivity index is 2.23. The Morgan fingerprint density at radius 2 is 2.35 bits per heavy atom. The number of carbonyl (C=O) groups excluding carboxylic acids is 1. The Bertz CT molecular complexity index is 236. The zero-order valence-electron chi connectivity index (χ0n) is 10.8. The third-order valence-corrected chi connectivity index (χ3v) is 3.39. The number of nitrogens with zero attached hydrogens (tertiary/aromatic N) is 2. The maximum Gasteiger partial charge on any atom is 0.236 e. The van der Waals surface area contributed by atoms with Gasteiger partial charge in [0.2, 0.25) is 5.91 Å². The van der Waals surface area contributed by atoms with E-state index in [1.807, 2.05) is 7.05 Å². The molecule has 0 aromatic carbocycles. The highest BCUT2D eigenvalue weighted by Crippen LogP contribution is 2.18. The first kappa shape index (κ1) is 14.4. The van der Waals surface area contributed by atoms with Gasteiger partial charge in [0.25, 0.3) is 0 Å². The van der Waals surface area contributed by atoms with Gasteiger partial charge in [-0.2, -0.15) is 0 Å². The molecular weight excluding hydrogens is 218 g/mol. The second kappa shape index (κ2) is 7.63. The highest BCUT2D eigenvalue weighted by molar-refractivity contribution is 5.78. The summed E-state index contributed by atoms with van der Waals surface area (Å²) in [7, 11) is 1.83. The molecule has 1 amide bonds. The summed E-state index contributed by atoms with van der Waals surface area (Å²) in [6, 6.07) is 0. The van der Waals surface area contributed by atoms with E-state index in [9.17, 15) is 4.79 Å². The minimum Gasteiger partial charge on any atom is -0.396 e. The molecule has 0 radical (unpaired) electrons. The van der Waals surface area contributed by atoms with Crippen LogP contribution in [-0.4, -0.2) is 67.2 Å². The fourth-order valence-corrected chi connectivity index (χ4v) is 2.24. The van der Waals surface area contributed by atoms with E-state index in [1.165, 1.54) is 0 Å². The number of amides is 1. The van der Waals surface area contributed by atoms with Gasteiger partial charge in [-0.1, -0.05) is 0 Å². The van der Waals surface area contributed by atoms with E-state index in [0.717, 1.165) is 38.9 Å². The van der Waals surface area contributed by atoms with Gasteiger partial charge < -0.3 is 15.7 Å². The van der Waals surface area contributed by atoms with E-state index in [1.54, 1.807) is 4.90 Å². The van der Waals surface area contributed by atoms with Crippen LogP contribution in [0.4, 0.5) is 0 Å². The van der Waals surface area contributed by atoms with Crippen molar-refractivity contribution >= 4 is 5.91 Å². The summed E-state index contributed by atoms with van der Waals surface area (Å²) in [6.07, 6.45) is 2.81.